The molecular formula is C15H11Cl2N3O3S. The lowest BCUT2D eigenvalue weighted by Crippen LogP contribution is -2.18. The van der Waals surface area contributed by atoms with Gasteiger partial charge >= 0.3 is 5.97 Å². The molecule has 1 amide bonds. The number of thiophene rings is 1. The maximum Gasteiger partial charge on any atom is 0.349 e. The van der Waals surface area contributed by atoms with Crippen molar-refractivity contribution in [3.63, 3.8) is 0 Å². The van der Waals surface area contributed by atoms with Gasteiger partial charge in [-0.05, 0) is 18.2 Å². The molecule has 9 heteroatoms. The predicted octanol–water partition coefficient (Wildman–Crippen LogP) is 3.83. The van der Waals surface area contributed by atoms with Crippen LogP contribution in [-0.4, -0.2) is 28.8 Å². The third-order valence-corrected chi connectivity index (χ3v) is 5.02. The van der Waals surface area contributed by atoms with Crippen molar-refractivity contribution in [2.75, 3.05) is 12.4 Å². The third-order valence-electron chi connectivity index (χ3n) is 3.19. The molecule has 0 atom stereocenters. The number of amides is 1. The molecule has 3 aromatic rings. The fourth-order valence-electron chi connectivity index (χ4n) is 2.14. The van der Waals surface area contributed by atoms with Gasteiger partial charge in [-0.1, -0.05) is 23.2 Å². The Bertz CT molecular complexity index is 935. The molecule has 0 aliphatic carbocycles. The van der Waals surface area contributed by atoms with E-state index in [-0.39, 0.29) is 12.5 Å². The quantitative estimate of drug-likeness (QED) is 0.694. The Kier molecular flexibility index (Phi) is 4.75. The number of nitrogens with zero attached hydrogens (tertiary/aromatic N) is 2. The van der Waals surface area contributed by atoms with Gasteiger partial charge in [0.2, 0.25) is 5.91 Å². The number of rotatable bonds is 4. The van der Waals surface area contributed by atoms with Crippen molar-refractivity contribution in [2.24, 2.45) is 0 Å². The molecule has 0 aliphatic heterocycles. The maximum atomic E-state index is 12.0. The number of hydrogen-bond donors (Lipinski definition) is 1. The van der Waals surface area contributed by atoms with E-state index in [1.165, 1.54) is 29.3 Å². The summed E-state index contributed by atoms with van der Waals surface area (Å²) >= 11 is 13.2. The van der Waals surface area contributed by atoms with Crippen LogP contribution in [0.25, 0.3) is 10.1 Å². The van der Waals surface area contributed by atoms with Gasteiger partial charge in [-0.15, -0.1) is 11.3 Å². The number of anilines is 1. The largest absolute Gasteiger partial charge is 0.465 e. The van der Waals surface area contributed by atoms with Crippen LogP contribution in [0, 0.1) is 0 Å². The number of halogens is 2. The summed E-state index contributed by atoms with van der Waals surface area (Å²) in [6.45, 7) is 0.0450. The first kappa shape index (κ1) is 16.8. The summed E-state index contributed by atoms with van der Waals surface area (Å²) < 4.78 is 6.92. The summed E-state index contributed by atoms with van der Waals surface area (Å²) in [5.74, 6) is -0.729. The van der Waals surface area contributed by atoms with Crippen LogP contribution < -0.4 is 5.32 Å². The summed E-state index contributed by atoms with van der Waals surface area (Å²) in [6.07, 6.45) is 3.02. The second-order valence-electron chi connectivity index (χ2n) is 4.85. The summed E-state index contributed by atoms with van der Waals surface area (Å²) in [6, 6.07) is 5.23. The zero-order valence-electron chi connectivity index (χ0n) is 12.4. The molecule has 0 fully saturated rings. The molecule has 0 saturated heterocycles. The van der Waals surface area contributed by atoms with Gasteiger partial charge in [0.05, 0.1) is 23.4 Å². The van der Waals surface area contributed by atoms with E-state index in [0.717, 1.165) is 10.1 Å². The van der Waals surface area contributed by atoms with Crippen LogP contribution in [0.2, 0.25) is 10.0 Å². The fraction of sp³-hybridized carbons (Fsp3) is 0.133. The summed E-state index contributed by atoms with van der Waals surface area (Å²) in [5.41, 5.74) is 0.597. The van der Waals surface area contributed by atoms with Crippen molar-refractivity contribution in [2.45, 2.75) is 6.54 Å². The molecule has 6 nitrogen and oxygen atoms in total. The first-order chi connectivity index (χ1) is 11.5. The standard InChI is InChI=1S/C15H11Cl2N3O3S/c1-23-15(22)14-13(17)10-3-2-9(4-11(10)24-14)19-12(21)7-20-6-8(16)5-18-20/h2-6H,7H2,1H3,(H,19,21). The molecule has 0 radical (unpaired) electrons. The highest BCUT2D eigenvalue weighted by Gasteiger charge is 2.18. The number of esters is 1. The second kappa shape index (κ2) is 6.80. The number of benzene rings is 1. The molecule has 0 unspecified atom stereocenters. The van der Waals surface area contributed by atoms with Gasteiger partial charge in [-0.3, -0.25) is 9.48 Å². The van der Waals surface area contributed by atoms with E-state index in [1.807, 2.05) is 0 Å². The number of carbonyl (C=O) groups excluding carboxylic acids is 2. The predicted molar refractivity (Wildman–Crippen MR) is 94.0 cm³/mol. The highest BCUT2D eigenvalue weighted by Crippen LogP contribution is 2.37. The summed E-state index contributed by atoms with van der Waals surface area (Å²) in [5, 5.41) is 8.27. The van der Waals surface area contributed by atoms with Crippen LogP contribution in [0.4, 0.5) is 5.69 Å². The van der Waals surface area contributed by atoms with Crippen molar-refractivity contribution in [3.05, 3.63) is 45.5 Å². The average Bonchev–Trinajstić information content (AvgIpc) is 3.10. The third kappa shape index (κ3) is 3.38. The summed E-state index contributed by atoms with van der Waals surface area (Å²) in [7, 11) is 1.30. The van der Waals surface area contributed by atoms with Crippen molar-refractivity contribution < 1.29 is 14.3 Å². The minimum absolute atomic E-state index is 0.0450. The zero-order chi connectivity index (χ0) is 17.3. The lowest BCUT2D eigenvalue weighted by Gasteiger charge is -2.05. The number of fused-ring (bicyclic) bond motifs is 1. The molecule has 124 valence electrons. The first-order valence-electron chi connectivity index (χ1n) is 6.76. The fourth-order valence-corrected chi connectivity index (χ4v) is 3.76. The number of methoxy groups -OCH3 is 1. The molecule has 0 spiro atoms. The van der Waals surface area contributed by atoms with Crippen LogP contribution in [0.5, 0.6) is 0 Å². The Labute approximate surface area is 150 Å². The Balaban J connectivity index is 1.80. The summed E-state index contributed by atoms with van der Waals surface area (Å²) in [4.78, 5) is 24.1. The van der Waals surface area contributed by atoms with Gasteiger partial charge in [0, 0.05) is 22.0 Å². The van der Waals surface area contributed by atoms with E-state index >= 15 is 0 Å². The first-order valence-corrected chi connectivity index (χ1v) is 8.33. The van der Waals surface area contributed by atoms with Gasteiger partial charge in [0.15, 0.2) is 0 Å². The molecule has 1 N–H and O–H groups in total. The molecule has 0 saturated carbocycles. The number of aromatic nitrogens is 2. The van der Waals surface area contributed by atoms with Crippen molar-refractivity contribution in [1.82, 2.24) is 9.78 Å². The topological polar surface area (TPSA) is 73.2 Å². The second-order valence-corrected chi connectivity index (χ2v) is 6.72. The monoisotopic (exact) mass is 383 g/mol. The lowest BCUT2D eigenvalue weighted by atomic mass is 10.2. The number of ether oxygens (including phenoxy) is 1. The Morgan fingerprint density at radius 1 is 1.38 bits per heavy atom. The highest BCUT2D eigenvalue weighted by molar-refractivity contribution is 7.21. The van der Waals surface area contributed by atoms with Crippen LogP contribution >= 0.6 is 34.5 Å². The number of hydrogen-bond acceptors (Lipinski definition) is 5. The van der Waals surface area contributed by atoms with Crippen molar-refractivity contribution in [3.8, 4) is 0 Å². The van der Waals surface area contributed by atoms with E-state index in [0.29, 0.717) is 20.6 Å². The minimum atomic E-state index is -0.484. The van der Waals surface area contributed by atoms with Gasteiger partial charge in [0.25, 0.3) is 0 Å². The SMILES string of the molecule is COC(=O)c1sc2cc(NC(=O)Cn3cc(Cl)cn3)ccc2c1Cl. The van der Waals surface area contributed by atoms with Crippen molar-refractivity contribution >= 4 is 62.2 Å². The van der Waals surface area contributed by atoms with Crippen molar-refractivity contribution in [1.29, 1.82) is 0 Å². The Morgan fingerprint density at radius 2 is 2.17 bits per heavy atom. The molecule has 2 aromatic heterocycles. The molecular weight excluding hydrogens is 373 g/mol. The maximum absolute atomic E-state index is 12.0. The van der Waals surface area contributed by atoms with Gasteiger partial charge in [0.1, 0.15) is 11.4 Å². The van der Waals surface area contributed by atoms with Crippen LogP contribution in [-0.2, 0) is 16.1 Å². The Hall–Kier alpha value is -2.09. The number of nitrogens with one attached hydrogen (secondary N) is 1. The number of carbonyl (C=O) groups is 2. The highest BCUT2D eigenvalue weighted by atomic mass is 35.5. The van der Waals surface area contributed by atoms with E-state index in [4.69, 9.17) is 27.9 Å². The smallest absolute Gasteiger partial charge is 0.349 e. The van der Waals surface area contributed by atoms with Crippen LogP contribution in [0.15, 0.2) is 30.6 Å². The van der Waals surface area contributed by atoms with E-state index in [9.17, 15) is 9.59 Å². The van der Waals surface area contributed by atoms with E-state index in [1.54, 1.807) is 24.4 Å². The molecule has 1 aromatic carbocycles. The van der Waals surface area contributed by atoms with Crippen LogP contribution in [0.3, 0.4) is 0 Å². The van der Waals surface area contributed by atoms with Gasteiger partial charge in [-0.2, -0.15) is 5.10 Å². The minimum Gasteiger partial charge on any atom is -0.465 e. The molecule has 24 heavy (non-hydrogen) atoms. The van der Waals surface area contributed by atoms with Crippen LogP contribution in [0.1, 0.15) is 9.67 Å². The average molecular weight is 384 g/mol. The van der Waals surface area contributed by atoms with E-state index < -0.39 is 5.97 Å². The lowest BCUT2D eigenvalue weighted by molar-refractivity contribution is -0.116. The molecule has 3 rings (SSSR count). The van der Waals surface area contributed by atoms with E-state index in [2.05, 4.69) is 10.4 Å². The van der Waals surface area contributed by atoms with Gasteiger partial charge in [-0.25, -0.2) is 4.79 Å². The van der Waals surface area contributed by atoms with Gasteiger partial charge < -0.3 is 10.1 Å². The molecule has 0 aliphatic rings. The molecule has 2 heterocycles. The Morgan fingerprint density at radius 3 is 2.83 bits per heavy atom. The molecule has 0 bridgehead atoms. The zero-order valence-corrected chi connectivity index (χ0v) is 14.7. The normalized spacial score (nSPS) is 10.8.